The van der Waals surface area contributed by atoms with Gasteiger partial charge in [0.2, 0.25) is 10.0 Å². The maximum atomic E-state index is 14.1. The Labute approximate surface area is 299 Å². The van der Waals surface area contributed by atoms with Crippen LogP contribution in [0.1, 0.15) is 79.9 Å². The van der Waals surface area contributed by atoms with Gasteiger partial charge in [0.05, 0.1) is 23.1 Å². The molecular weight excluding hydrogens is 682 g/mol. The largest absolute Gasteiger partial charge is 0.487 e. The second-order valence-electron chi connectivity index (χ2n) is 14.3. The molecule has 3 aromatic rings. The number of nitrogens with zero attached hydrogens (tertiary/aromatic N) is 1. The van der Waals surface area contributed by atoms with Crippen molar-refractivity contribution in [3.8, 4) is 5.75 Å². The van der Waals surface area contributed by atoms with Crippen LogP contribution >= 0.6 is 11.6 Å². The number of hydrogen-bond acceptors (Lipinski definition) is 6. The SMILES string of the molecule is C[C@@H]1[C@@H](C)C/C=C/[C@@](C)(OCc2cc(F)cc(F)c2)[C@@H]2CC[C@H]2CN2CCCCc3cc(Cl)ccc3COc3ccc(cc32)C(=O)NS1(=O)=O. The zero-order chi connectivity index (χ0) is 35.6. The van der Waals surface area contributed by atoms with Crippen molar-refractivity contribution in [1.82, 2.24) is 4.72 Å². The van der Waals surface area contributed by atoms with Crippen LogP contribution < -0.4 is 14.4 Å². The highest BCUT2D eigenvalue weighted by Crippen LogP contribution is 2.46. The Morgan fingerprint density at radius 2 is 1.80 bits per heavy atom. The molecule has 1 fully saturated rings. The Balaban J connectivity index is 1.38. The summed E-state index contributed by atoms with van der Waals surface area (Å²) in [6, 6.07) is 14.3. The maximum absolute atomic E-state index is 14.1. The van der Waals surface area contributed by atoms with Crippen LogP contribution in [0, 0.1) is 29.4 Å². The molecule has 1 saturated carbocycles. The molecule has 1 N–H and O–H groups in total. The predicted molar refractivity (Wildman–Crippen MR) is 192 cm³/mol. The summed E-state index contributed by atoms with van der Waals surface area (Å²) >= 11 is 6.35. The van der Waals surface area contributed by atoms with Crippen LogP contribution in [0.25, 0.3) is 0 Å². The van der Waals surface area contributed by atoms with Gasteiger partial charge in [-0.05, 0) is 129 Å². The second-order valence-corrected chi connectivity index (χ2v) is 16.8. The van der Waals surface area contributed by atoms with E-state index in [9.17, 15) is 22.0 Å². The standard InChI is InChI=1S/C39H45ClF2N2O5S/c1-25-7-6-15-39(3,49-23-27-17-33(41)21-34(42)18-27)35-13-10-30(35)22-44-16-5-4-8-28-19-32(40)12-9-31(28)24-48-37-14-11-29(20-36(37)44)38(45)43-50(46,47)26(25)2/h6,9,11-12,14-15,17-21,25-26,30,35H,4-5,7-8,10,13,16,22-24H2,1-3H3,(H,43,45)/b15-6+/t25-,26+,30-,35+,39+/m0/s1. The van der Waals surface area contributed by atoms with E-state index in [1.54, 1.807) is 25.1 Å². The lowest BCUT2D eigenvalue weighted by atomic mass is 9.64. The van der Waals surface area contributed by atoms with Crippen LogP contribution in [0.2, 0.25) is 5.02 Å². The number of aryl methyl sites for hydroxylation is 1. The Morgan fingerprint density at radius 1 is 1.02 bits per heavy atom. The zero-order valence-corrected chi connectivity index (χ0v) is 30.3. The van der Waals surface area contributed by atoms with Crippen molar-refractivity contribution in [3.63, 3.8) is 0 Å². The van der Waals surface area contributed by atoms with E-state index < -0.39 is 38.4 Å². The van der Waals surface area contributed by atoms with Crippen molar-refractivity contribution in [1.29, 1.82) is 0 Å². The molecule has 268 valence electrons. The fourth-order valence-electron chi connectivity index (χ4n) is 7.41. The molecule has 2 aliphatic heterocycles. The Kier molecular flexibility index (Phi) is 10.9. The molecule has 2 bridgehead atoms. The number of nitrogens with one attached hydrogen (secondary N) is 1. The molecule has 0 unspecified atom stereocenters. The average Bonchev–Trinajstić information content (AvgIpc) is 3.07. The lowest BCUT2D eigenvalue weighted by Crippen LogP contribution is -2.50. The molecule has 7 nitrogen and oxygen atoms in total. The van der Waals surface area contributed by atoms with E-state index in [0.29, 0.717) is 42.5 Å². The van der Waals surface area contributed by atoms with Crippen molar-refractivity contribution in [2.45, 2.75) is 83.4 Å². The summed E-state index contributed by atoms with van der Waals surface area (Å²) in [6.07, 6.45) is 8.82. The number of ether oxygens (including phenoxy) is 2. The molecule has 0 aromatic heterocycles. The molecule has 50 heavy (non-hydrogen) atoms. The summed E-state index contributed by atoms with van der Waals surface area (Å²) in [5, 5.41) is -0.187. The molecule has 1 aliphatic carbocycles. The first kappa shape index (κ1) is 36.3. The lowest BCUT2D eigenvalue weighted by Gasteiger charge is -2.49. The summed E-state index contributed by atoms with van der Waals surface area (Å²) in [4.78, 5) is 15.7. The smallest absolute Gasteiger partial charge is 0.264 e. The molecule has 6 rings (SSSR count). The number of amides is 1. The maximum Gasteiger partial charge on any atom is 0.264 e. The minimum Gasteiger partial charge on any atom is -0.487 e. The van der Waals surface area contributed by atoms with Crippen LogP contribution in [0.3, 0.4) is 0 Å². The fraction of sp³-hybridized carbons (Fsp3) is 0.462. The minimum atomic E-state index is -4.02. The van der Waals surface area contributed by atoms with E-state index in [4.69, 9.17) is 21.1 Å². The highest BCUT2D eigenvalue weighted by molar-refractivity contribution is 7.90. The van der Waals surface area contributed by atoms with E-state index in [2.05, 4.69) is 9.62 Å². The summed E-state index contributed by atoms with van der Waals surface area (Å²) in [5.74, 6) is -1.46. The first-order valence-corrected chi connectivity index (χ1v) is 19.4. The highest BCUT2D eigenvalue weighted by atomic mass is 35.5. The van der Waals surface area contributed by atoms with Crippen molar-refractivity contribution < 1.29 is 31.5 Å². The first-order chi connectivity index (χ1) is 23.8. The summed E-state index contributed by atoms with van der Waals surface area (Å²) in [7, 11) is -4.02. The van der Waals surface area contributed by atoms with Gasteiger partial charge >= 0.3 is 0 Å². The molecule has 5 atom stereocenters. The first-order valence-electron chi connectivity index (χ1n) is 17.4. The van der Waals surface area contributed by atoms with Crippen LogP contribution in [-0.2, 0) is 34.4 Å². The number of carbonyl (C=O) groups is 1. The third kappa shape index (κ3) is 8.19. The van der Waals surface area contributed by atoms with Gasteiger partial charge in [-0.1, -0.05) is 36.7 Å². The number of carbonyl (C=O) groups excluding carboxylic acids is 1. The van der Waals surface area contributed by atoms with Crippen LogP contribution in [0.5, 0.6) is 5.75 Å². The molecule has 3 aliphatic rings. The van der Waals surface area contributed by atoms with Crippen LogP contribution in [0.15, 0.2) is 66.7 Å². The Morgan fingerprint density at radius 3 is 2.54 bits per heavy atom. The van der Waals surface area contributed by atoms with Crippen molar-refractivity contribution in [2.24, 2.45) is 17.8 Å². The van der Waals surface area contributed by atoms with Gasteiger partial charge in [0.15, 0.2) is 0 Å². The van der Waals surface area contributed by atoms with E-state index in [1.165, 1.54) is 12.1 Å². The second kappa shape index (κ2) is 15.0. The van der Waals surface area contributed by atoms with E-state index in [1.807, 2.05) is 44.2 Å². The molecule has 0 saturated heterocycles. The Hall–Kier alpha value is -3.47. The number of halogens is 3. The molecular formula is C39H45ClF2N2O5S. The van der Waals surface area contributed by atoms with Gasteiger partial charge in [-0.25, -0.2) is 21.9 Å². The van der Waals surface area contributed by atoms with Gasteiger partial charge in [-0.2, -0.15) is 0 Å². The number of allylic oxidation sites excluding steroid dienone is 1. The number of sulfonamides is 1. The molecule has 1 amide bonds. The minimum absolute atomic E-state index is 0.0133. The van der Waals surface area contributed by atoms with Crippen molar-refractivity contribution >= 4 is 33.2 Å². The molecule has 11 heteroatoms. The molecule has 3 aromatic carbocycles. The number of benzene rings is 3. The van der Waals surface area contributed by atoms with Crippen molar-refractivity contribution in [3.05, 3.63) is 106 Å². The summed E-state index contributed by atoms with van der Waals surface area (Å²) in [5.41, 5.74) is 2.73. The molecule has 0 spiro atoms. The van der Waals surface area contributed by atoms with Crippen LogP contribution in [0.4, 0.5) is 14.5 Å². The summed E-state index contributed by atoms with van der Waals surface area (Å²) < 4.78 is 70.4. The number of hydrogen-bond donors (Lipinski definition) is 1. The fourth-order valence-corrected chi connectivity index (χ4v) is 8.89. The normalized spacial score (nSPS) is 27.7. The van der Waals surface area contributed by atoms with E-state index >= 15 is 0 Å². The topological polar surface area (TPSA) is 84.9 Å². The quantitative estimate of drug-likeness (QED) is 0.273. The van der Waals surface area contributed by atoms with Gasteiger partial charge in [0.25, 0.3) is 5.91 Å². The zero-order valence-electron chi connectivity index (χ0n) is 28.8. The van der Waals surface area contributed by atoms with Gasteiger partial charge in [0, 0.05) is 29.7 Å². The van der Waals surface area contributed by atoms with Gasteiger partial charge in [-0.15, -0.1) is 0 Å². The average molecular weight is 727 g/mol. The number of fused-ring (bicyclic) bond motifs is 3. The summed E-state index contributed by atoms with van der Waals surface area (Å²) in [6.45, 7) is 7.11. The van der Waals surface area contributed by atoms with Gasteiger partial charge in [-0.3, -0.25) is 4.79 Å². The highest BCUT2D eigenvalue weighted by Gasteiger charge is 2.45. The molecule has 2 heterocycles. The van der Waals surface area contributed by atoms with Crippen molar-refractivity contribution in [2.75, 3.05) is 18.0 Å². The lowest BCUT2D eigenvalue weighted by molar-refractivity contribution is -0.0947. The van der Waals surface area contributed by atoms with E-state index in [0.717, 1.165) is 55.0 Å². The van der Waals surface area contributed by atoms with E-state index in [-0.39, 0.29) is 29.9 Å². The van der Waals surface area contributed by atoms with Gasteiger partial charge < -0.3 is 14.4 Å². The third-order valence-corrected chi connectivity index (χ3v) is 12.9. The predicted octanol–water partition coefficient (Wildman–Crippen LogP) is 8.39. The van der Waals surface area contributed by atoms with Crippen LogP contribution in [-0.4, -0.2) is 38.3 Å². The monoisotopic (exact) mass is 726 g/mol. The van der Waals surface area contributed by atoms with Gasteiger partial charge in [0.1, 0.15) is 24.0 Å². The Bertz CT molecular complexity index is 1850. The molecule has 0 radical (unpaired) electrons. The number of rotatable bonds is 3. The third-order valence-electron chi connectivity index (χ3n) is 10.8. The number of anilines is 1.